The summed E-state index contributed by atoms with van der Waals surface area (Å²) in [6.45, 7) is 1.20. The normalized spacial score (nSPS) is 17.4. The van der Waals surface area contributed by atoms with Gasteiger partial charge in [0, 0.05) is 35.9 Å². The number of benzene rings is 2. The average Bonchev–Trinajstić information content (AvgIpc) is 3.07. The Hall–Kier alpha value is -2.60. The van der Waals surface area contributed by atoms with E-state index in [1.807, 2.05) is 17.0 Å². The van der Waals surface area contributed by atoms with Crippen molar-refractivity contribution in [2.45, 2.75) is 11.7 Å². The van der Waals surface area contributed by atoms with Gasteiger partial charge in [-0.25, -0.2) is 8.78 Å². The molecular weight excluding hydrogens is 378 g/mol. The number of aromatic amines is 1. The lowest BCUT2D eigenvalue weighted by atomic mass is 10.1. The summed E-state index contributed by atoms with van der Waals surface area (Å²) in [6, 6.07) is 14.8. The molecule has 1 unspecified atom stereocenters. The van der Waals surface area contributed by atoms with Gasteiger partial charge in [-0.3, -0.25) is 4.79 Å². The maximum atomic E-state index is 14.1. The maximum absolute atomic E-state index is 14.1. The van der Waals surface area contributed by atoms with Crippen LogP contribution < -0.4 is 0 Å². The molecule has 0 aliphatic carbocycles. The SMILES string of the molecule is O=C(c1cc(-c2ccc(F)cc2)c[nH]1)N1CCSC(c2ccccc2F)CC1. The largest absolute Gasteiger partial charge is 0.357 e. The van der Waals surface area contributed by atoms with Crippen LogP contribution in [0.4, 0.5) is 8.78 Å². The van der Waals surface area contributed by atoms with Crippen LogP contribution in [0.5, 0.6) is 0 Å². The van der Waals surface area contributed by atoms with Crippen molar-refractivity contribution in [1.29, 1.82) is 0 Å². The van der Waals surface area contributed by atoms with Crippen molar-refractivity contribution >= 4 is 17.7 Å². The van der Waals surface area contributed by atoms with E-state index in [1.165, 1.54) is 18.2 Å². The Morgan fingerprint density at radius 2 is 1.82 bits per heavy atom. The minimum absolute atomic E-state index is 0.0532. The van der Waals surface area contributed by atoms with Crippen molar-refractivity contribution < 1.29 is 13.6 Å². The van der Waals surface area contributed by atoms with Crippen molar-refractivity contribution in [3.8, 4) is 11.1 Å². The van der Waals surface area contributed by atoms with E-state index < -0.39 is 0 Å². The summed E-state index contributed by atoms with van der Waals surface area (Å²) in [4.78, 5) is 17.8. The number of thioether (sulfide) groups is 1. The number of hydrogen-bond acceptors (Lipinski definition) is 2. The van der Waals surface area contributed by atoms with Gasteiger partial charge >= 0.3 is 0 Å². The van der Waals surface area contributed by atoms with Crippen LogP contribution >= 0.6 is 11.8 Å². The molecular formula is C22H20F2N2OS. The summed E-state index contributed by atoms with van der Waals surface area (Å²) in [7, 11) is 0. The third-order valence-corrected chi connectivity index (χ3v) is 6.28. The van der Waals surface area contributed by atoms with Gasteiger partial charge in [-0.15, -0.1) is 0 Å². The predicted octanol–water partition coefficient (Wildman–Crippen LogP) is 5.28. The number of rotatable bonds is 3. The van der Waals surface area contributed by atoms with Crippen molar-refractivity contribution in [1.82, 2.24) is 9.88 Å². The second-order valence-corrected chi connectivity index (χ2v) is 8.08. The maximum Gasteiger partial charge on any atom is 0.270 e. The van der Waals surface area contributed by atoms with Crippen LogP contribution in [0.15, 0.2) is 60.8 Å². The van der Waals surface area contributed by atoms with E-state index in [-0.39, 0.29) is 22.8 Å². The summed E-state index contributed by atoms with van der Waals surface area (Å²) < 4.78 is 27.2. The van der Waals surface area contributed by atoms with Gasteiger partial charge in [0.05, 0.1) is 0 Å². The third-order valence-electron chi connectivity index (χ3n) is 4.97. The molecule has 4 rings (SSSR count). The molecule has 0 saturated carbocycles. The number of aromatic nitrogens is 1. The van der Waals surface area contributed by atoms with E-state index in [4.69, 9.17) is 0 Å². The summed E-state index contributed by atoms with van der Waals surface area (Å²) in [6.07, 6.45) is 2.47. The molecule has 144 valence electrons. The molecule has 2 heterocycles. The predicted molar refractivity (Wildman–Crippen MR) is 108 cm³/mol. The zero-order chi connectivity index (χ0) is 19.5. The minimum Gasteiger partial charge on any atom is -0.357 e. The topological polar surface area (TPSA) is 36.1 Å². The molecule has 1 aromatic heterocycles. The molecule has 6 heteroatoms. The van der Waals surface area contributed by atoms with E-state index in [1.54, 1.807) is 42.2 Å². The van der Waals surface area contributed by atoms with Crippen LogP contribution in [0.1, 0.15) is 27.7 Å². The number of amides is 1. The smallest absolute Gasteiger partial charge is 0.270 e. The number of halogens is 2. The second-order valence-electron chi connectivity index (χ2n) is 6.77. The highest BCUT2D eigenvalue weighted by molar-refractivity contribution is 7.99. The van der Waals surface area contributed by atoms with Gasteiger partial charge < -0.3 is 9.88 Å². The van der Waals surface area contributed by atoms with Crippen molar-refractivity contribution in [2.75, 3.05) is 18.8 Å². The van der Waals surface area contributed by atoms with Gasteiger partial charge in [0.1, 0.15) is 17.3 Å². The van der Waals surface area contributed by atoms with Crippen molar-refractivity contribution in [3.63, 3.8) is 0 Å². The number of nitrogens with zero attached hydrogens (tertiary/aromatic N) is 1. The van der Waals surface area contributed by atoms with Crippen molar-refractivity contribution in [2.24, 2.45) is 0 Å². The van der Waals surface area contributed by atoms with Crippen LogP contribution in [0, 0.1) is 11.6 Å². The van der Waals surface area contributed by atoms with Gasteiger partial charge in [0.25, 0.3) is 5.91 Å². The third kappa shape index (κ3) is 3.97. The molecule has 3 aromatic rings. The summed E-state index contributed by atoms with van der Waals surface area (Å²) >= 11 is 1.69. The number of carbonyl (C=O) groups excluding carboxylic acids is 1. The average molecular weight is 398 g/mol. The molecule has 0 spiro atoms. The lowest BCUT2D eigenvalue weighted by Gasteiger charge is -2.19. The highest BCUT2D eigenvalue weighted by atomic mass is 32.2. The fourth-order valence-corrected chi connectivity index (χ4v) is 4.71. The van der Waals surface area contributed by atoms with Crippen LogP contribution in [0.3, 0.4) is 0 Å². The monoisotopic (exact) mass is 398 g/mol. The molecule has 1 aliphatic rings. The Morgan fingerprint density at radius 1 is 1.04 bits per heavy atom. The van der Waals surface area contributed by atoms with Crippen LogP contribution in [-0.2, 0) is 0 Å². The van der Waals surface area contributed by atoms with Gasteiger partial charge in [0.2, 0.25) is 0 Å². The van der Waals surface area contributed by atoms with Crippen LogP contribution in [0.25, 0.3) is 11.1 Å². The number of hydrogen-bond donors (Lipinski definition) is 1. The first-order chi connectivity index (χ1) is 13.6. The molecule has 2 aromatic carbocycles. The van der Waals surface area contributed by atoms with Gasteiger partial charge in [-0.05, 0) is 41.8 Å². The molecule has 0 radical (unpaired) electrons. The summed E-state index contributed by atoms with van der Waals surface area (Å²) in [5.41, 5.74) is 2.91. The second kappa shape index (κ2) is 8.19. The molecule has 1 fully saturated rings. The first kappa shape index (κ1) is 18.7. The quantitative estimate of drug-likeness (QED) is 0.652. The Labute approximate surface area is 166 Å². The van der Waals surface area contributed by atoms with Gasteiger partial charge in [0.15, 0.2) is 0 Å². The van der Waals surface area contributed by atoms with E-state index in [2.05, 4.69) is 4.98 Å². The zero-order valence-electron chi connectivity index (χ0n) is 15.2. The Balaban J connectivity index is 1.46. The van der Waals surface area contributed by atoms with E-state index in [0.717, 1.165) is 16.9 Å². The lowest BCUT2D eigenvalue weighted by Crippen LogP contribution is -2.33. The first-order valence-electron chi connectivity index (χ1n) is 9.21. The molecule has 1 saturated heterocycles. The van der Waals surface area contributed by atoms with Crippen molar-refractivity contribution in [3.05, 3.63) is 83.7 Å². The molecule has 3 nitrogen and oxygen atoms in total. The first-order valence-corrected chi connectivity index (χ1v) is 10.3. The zero-order valence-corrected chi connectivity index (χ0v) is 16.0. The van der Waals surface area contributed by atoms with E-state index >= 15 is 0 Å². The Kier molecular flexibility index (Phi) is 5.48. The Morgan fingerprint density at radius 3 is 2.61 bits per heavy atom. The van der Waals surface area contributed by atoms with Crippen LogP contribution in [-0.4, -0.2) is 34.6 Å². The molecule has 1 amide bonds. The van der Waals surface area contributed by atoms with Gasteiger partial charge in [-0.2, -0.15) is 11.8 Å². The highest BCUT2D eigenvalue weighted by Crippen LogP contribution is 2.36. The number of carbonyl (C=O) groups is 1. The molecule has 28 heavy (non-hydrogen) atoms. The fraction of sp³-hybridized carbons (Fsp3) is 0.227. The van der Waals surface area contributed by atoms with Gasteiger partial charge in [-0.1, -0.05) is 30.3 Å². The molecule has 0 bridgehead atoms. The van der Waals surface area contributed by atoms with E-state index in [0.29, 0.717) is 30.8 Å². The molecule has 1 aliphatic heterocycles. The molecule has 1 atom stereocenters. The number of H-pyrrole nitrogens is 1. The Bertz CT molecular complexity index is 971. The molecule has 1 N–H and O–H groups in total. The highest BCUT2D eigenvalue weighted by Gasteiger charge is 2.25. The van der Waals surface area contributed by atoms with E-state index in [9.17, 15) is 13.6 Å². The summed E-state index contributed by atoms with van der Waals surface area (Å²) in [5.74, 6) is 0.217. The standard InChI is InChI=1S/C22H20F2N2OS/c23-17-7-5-15(6-8-17)16-13-20(25-14-16)22(27)26-10-9-21(28-12-11-26)18-3-1-2-4-19(18)24/h1-8,13-14,21,25H,9-12H2. The lowest BCUT2D eigenvalue weighted by molar-refractivity contribution is 0.0761. The van der Waals surface area contributed by atoms with Crippen LogP contribution in [0.2, 0.25) is 0 Å². The fourth-order valence-electron chi connectivity index (χ4n) is 3.46. The summed E-state index contributed by atoms with van der Waals surface area (Å²) in [5, 5.41) is 0.0532. The number of nitrogens with one attached hydrogen (secondary N) is 1. The minimum atomic E-state index is -0.290.